The molecule has 0 aliphatic rings. The molecule has 6 heteroatoms. The fourth-order valence-corrected chi connectivity index (χ4v) is 1.61. The minimum absolute atomic E-state index is 0.0595. The van der Waals surface area contributed by atoms with Gasteiger partial charge in [-0.05, 0) is 19.1 Å². The number of hydrogen-bond acceptors (Lipinski definition) is 4. The maximum absolute atomic E-state index is 11.6. The van der Waals surface area contributed by atoms with E-state index in [-0.39, 0.29) is 16.5 Å². The van der Waals surface area contributed by atoms with Gasteiger partial charge in [-0.15, -0.1) is 5.10 Å². The van der Waals surface area contributed by atoms with Gasteiger partial charge in [0.05, 0.1) is 7.11 Å². The van der Waals surface area contributed by atoms with Crippen LogP contribution in [0.2, 0.25) is 5.15 Å². The fourth-order valence-electron chi connectivity index (χ4n) is 1.47. The van der Waals surface area contributed by atoms with Crippen molar-refractivity contribution < 1.29 is 9.47 Å². The molecular weight excluding hydrogens is 256 g/mol. The Labute approximate surface area is 108 Å². The number of benzene rings is 1. The Kier molecular flexibility index (Phi) is 3.53. The van der Waals surface area contributed by atoms with E-state index in [0.29, 0.717) is 11.5 Å². The summed E-state index contributed by atoms with van der Waals surface area (Å²) in [5, 5.41) is 6.37. The van der Waals surface area contributed by atoms with Crippen LogP contribution in [-0.4, -0.2) is 17.3 Å². The average molecular weight is 267 g/mol. The number of aromatic amines is 1. The van der Waals surface area contributed by atoms with Crippen molar-refractivity contribution in [1.82, 2.24) is 10.2 Å². The molecule has 0 saturated carbocycles. The summed E-state index contributed by atoms with van der Waals surface area (Å²) in [7, 11) is 1.57. The van der Waals surface area contributed by atoms with Gasteiger partial charge in [0.25, 0.3) is 5.88 Å². The lowest BCUT2D eigenvalue weighted by molar-refractivity contribution is 0.401. The van der Waals surface area contributed by atoms with Crippen molar-refractivity contribution in [3.63, 3.8) is 0 Å². The lowest BCUT2D eigenvalue weighted by Gasteiger charge is -2.10. The molecule has 5 nitrogen and oxygen atoms in total. The van der Waals surface area contributed by atoms with Crippen molar-refractivity contribution >= 4 is 11.6 Å². The second-order valence-electron chi connectivity index (χ2n) is 3.57. The quantitative estimate of drug-likeness (QED) is 0.927. The van der Waals surface area contributed by atoms with Crippen molar-refractivity contribution in [2.24, 2.45) is 0 Å². The molecule has 18 heavy (non-hydrogen) atoms. The predicted octanol–water partition coefficient (Wildman–Crippen LogP) is 2.53. The number of aromatic nitrogens is 2. The molecular formula is C12H11ClN2O3. The highest BCUT2D eigenvalue weighted by molar-refractivity contribution is 6.29. The smallest absolute Gasteiger partial charge is 0.285 e. The molecule has 0 fully saturated rings. The van der Waals surface area contributed by atoms with E-state index in [1.54, 1.807) is 19.2 Å². The van der Waals surface area contributed by atoms with Crippen LogP contribution in [0.4, 0.5) is 0 Å². The van der Waals surface area contributed by atoms with Crippen molar-refractivity contribution in [1.29, 1.82) is 0 Å². The van der Waals surface area contributed by atoms with Crippen LogP contribution in [0.1, 0.15) is 5.56 Å². The average Bonchev–Trinajstić information content (AvgIpc) is 2.35. The molecule has 2 aromatic rings. The van der Waals surface area contributed by atoms with Gasteiger partial charge in [0.1, 0.15) is 16.7 Å². The number of nitrogens with zero attached hydrogens (tertiary/aromatic N) is 1. The van der Waals surface area contributed by atoms with Gasteiger partial charge in [-0.3, -0.25) is 9.89 Å². The minimum atomic E-state index is -0.388. The molecule has 0 radical (unpaired) electrons. The van der Waals surface area contributed by atoms with Crippen LogP contribution in [0, 0.1) is 6.92 Å². The van der Waals surface area contributed by atoms with Gasteiger partial charge in [-0.1, -0.05) is 17.7 Å². The minimum Gasteiger partial charge on any atom is -0.496 e. The first-order chi connectivity index (χ1) is 8.61. The predicted molar refractivity (Wildman–Crippen MR) is 67.7 cm³/mol. The molecule has 0 aliphatic carbocycles. The summed E-state index contributed by atoms with van der Waals surface area (Å²) in [6.45, 7) is 1.83. The Bertz CT molecular complexity index is 625. The summed E-state index contributed by atoms with van der Waals surface area (Å²) in [6, 6.07) is 6.51. The lowest BCUT2D eigenvalue weighted by Crippen LogP contribution is -2.08. The number of nitrogens with one attached hydrogen (secondary N) is 1. The highest BCUT2D eigenvalue weighted by Crippen LogP contribution is 2.29. The summed E-state index contributed by atoms with van der Waals surface area (Å²) in [6.07, 6.45) is 0. The molecule has 1 N–H and O–H groups in total. The van der Waals surface area contributed by atoms with Gasteiger partial charge in [-0.25, -0.2) is 0 Å². The third kappa shape index (κ3) is 2.46. The third-order valence-corrected chi connectivity index (χ3v) is 2.59. The highest BCUT2D eigenvalue weighted by Gasteiger charge is 2.09. The Morgan fingerprint density at radius 2 is 2.06 bits per heavy atom. The van der Waals surface area contributed by atoms with Crippen molar-refractivity contribution in [2.75, 3.05) is 7.11 Å². The molecule has 1 heterocycles. The zero-order valence-corrected chi connectivity index (χ0v) is 10.6. The molecule has 0 atom stereocenters. The SMILES string of the molecule is COc1cccc(Oc2n[nH]c(Cl)cc2=O)c1C. The van der Waals surface area contributed by atoms with Crippen molar-refractivity contribution in [2.45, 2.75) is 6.92 Å². The van der Waals surface area contributed by atoms with E-state index in [9.17, 15) is 4.79 Å². The normalized spacial score (nSPS) is 10.2. The van der Waals surface area contributed by atoms with E-state index in [2.05, 4.69) is 10.2 Å². The van der Waals surface area contributed by atoms with Gasteiger partial charge in [0, 0.05) is 11.6 Å². The second-order valence-corrected chi connectivity index (χ2v) is 3.98. The van der Waals surface area contributed by atoms with E-state index >= 15 is 0 Å². The first-order valence-corrected chi connectivity index (χ1v) is 5.56. The fraction of sp³-hybridized carbons (Fsp3) is 0.167. The molecule has 1 aromatic heterocycles. The lowest BCUT2D eigenvalue weighted by atomic mass is 10.2. The highest BCUT2D eigenvalue weighted by atomic mass is 35.5. The molecule has 0 saturated heterocycles. The summed E-state index contributed by atoms with van der Waals surface area (Å²) in [5.74, 6) is 1.13. The number of halogens is 1. The third-order valence-electron chi connectivity index (χ3n) is 2.39. The number of H-pyrrole nitrogens is 1. The molecule has 0 amide bonds. The molecule has 0 aliphatic heterocycles. The molecule has 2 rings (SSSR count). The summed E-state index contributed by atoms with van der Waals surface area (Å²) in [4.78, 5) is 11.6. The van der Waals surface area contributed by atoms with Gasteiger partial charge < -0.3 is 9.47 Å². The Morgan fingerprint density at radius 3 is 2.72 bits per heavy atom. The Hall–Kier alpha value is -2.01. The molecule has 1 aromatic carbocycles. The first-order valence-electron chi connectivity index (χ1n) is 5.18. The Balaban J connectivity index is 2.37. The number of hydrogen-bond donors (Lipinski definition) is 1. The zero-order chi connectivity index (χ0) is 13.1. The van der Waals surface area contributed by atoms with Crippen LogP contribution < -0.4 is 14.9 Å². The van der Waals surface area contributed by atoms with E-state index in [1.165, 1.54) is 6.07 Å². The van der Waals surface area contributed by atoms with Crippen molar-refractivity contribution in [3.05, 3.63) is 45.2 Å². The Morgan fingerprint density at radius 1 is 1.33 bits per heavy atom. The number of methoxy groups -OCH3 is 1. The zero-order valence-electron chi connectivity index (χ0n) is 9.86. The number of ether oxygens (including phenoxy) is 2. The van der Waals surface area contributed by atoms with Gasteiger partial charge in [0.2, 0.25) is 5.43 Å². The maximum Gasteiger partial charge on any atom is 0.285 e. The maximum atomic E-state index is 11.6. The second kappa shape index (κ2) is 5.10. The van der Waals surface area contributed by atoms with Crippen LogP contribution in [0.3, 0.4) is 0 Å². The van der Waals surface area contributed by atoms with E-state index in [0.717, 1.165) is 5.56 Å². The summed E-state index contributed by atoms with van der Waals surface area (Å²) >= 11 is 5.61. The van der Waals surface area contributed by atoms with Crippen LogP contribution >= 0.6 is 11.6 Å². The summed E-state index contributed by atoms with van der Waals surface area (Å²) < 4.78 is 10.6. The number of rotatable bonds is 3. The topological polar surface area (TPSA) is 64.2 Å². The standard InChI is InChI=1S/C12H11ClN2O3/c1-7-9(17-2)4-3-5-10(7)18-12-8(16)6-11(13)14-15-12/h3-6H,1-2H3,(H,14,16). The first kappa shape index (κ1) is 12.4. The van der Waals surface area contributed by atoms with E-state index < -0.39 is 0 Å². The van der Waals surface area contributed by atoms with Crippen LogP contribution in [-0.2, 0) is 0 Å². The van der Waals surface area contributed by atoms with Crippen LogP contribution in [0.15, 0.2) is 29.1 Å². The van der Waals surface area contributed by atoms with E-state index in [4.69, 9.17) is 21.1 Å². The van der Waals surface area contributed by atoms with Crippen molar-refractivity contribution in [3.8, 4) is 17.4 Å². The van der Waals surface area contributed by atoms with Gasteiger partial charge >= 0.3 is 0 Å². The largest absolute Gasteiger partial charge is 0.496 e. The van der Waals surface area contributed by atoms with Crippen LogP contribution in [0.5, 0.6) is 17.4 Å². The molecule has 94 valence electrons. The monoisotopic (exact) mass is 266 g/mol. The molecule has 0 unspecified atom stereocenters. The van der Waals surface area contributed by atoms with Gasteiger partial charge in [0.15, 0.2) is 0 Å². The molecule has 0 spiro atoms. The van der Waals surface area contributed by atoms with Gasteiger partial charge in [-0.2, -0.15) is 0 Å². The van der Waals surface area contributed by atoms with E-state index in [1.807, 2.05) is 13.0 Å². The van der Waals surface area contributed by atoms with Crippen LogP contribution in [0.25, 0.3) is 0 Å². The molecule has 0 bridgehead atoms. The summed E-state index contributed by atoms with van der Waals surface area (Å²) in [5.41, 5.74) is 0.400.